The van der Waals surface area contributed by atoms with Crippen LogP contribution >= 0.6 is 0 Å². The molecule has 134 valence electrons. The number of benzene rings is 2. The summed E-state index contributed by atoms with van der Waals surface area (Å²) in [5, 5.41) is 6.94. The second-order valence-corrected chi connectivity index (χ2v) is 6.36. The van der Waals surface area contributed by atoms with E-state index in [0.717, 1.165) is 11.3 Å². The van der Waals surface area contributed by atoms with Crippen LogP contribution < -0.4 is 10.1 Å². The van der Waals surface area contributed by atoms with E-state index < -0.39 is 0 Å². The molecule has 0 saturated carbocycles. The highest BCUT2D eigenvalue weighted by molar-refractivity contribution is 5.91. The molecule has 0 radical (unpaired) electrons. The van der Waals surface area contributed by atoms with E-state index in [2.05, 4.69) is 35.3 Å². The van der Waals surface area contributed by atoms with E-state index in [4.69, 9.17) is 4.74 Å². The van der Waals surface area contributed by atoms with Crippen LogP contribution in [0.4, 0.5) is 5.69 Å². The minimum atomic E-state index is -0.196. The maximum absolute atomic E-state index is 12.2. The first-order valence-corrected chi connectivity index (χ1v) is 8.54. The standard InChI is InChI=1S/C20H22N4O2/c1-15(2)17-6-4-8-19(10-17)26-12-20(25)23-18-7-3-5-16(9-18)11-24-14-21-13-22-24/h3-10,13-15H,11-12H2,1-2H3,(H,23,25). The highest BCUT2D eigenvalue weighted by Gasteiger charge is 2.06. The molecule has 0 aliphatic carbocycles. The van der Waals surface area contributed by atoms with Crippen LogP contribution in [-0.2, 0) is 11.3 Å². The molecule has 3 rings (SSSR count). The maximum atomic E-state index is 12.2. The zero-order chi connectivity index (χ0) is 18.4. The Balaban J connectivity index is 1.55. The number of amides is 1. The Hall–Kier alpha value is -3.15. The summed E-state index contributed by atoms with van der Waals surface area (Å²) < 4.78 is 7.34. The van der Waals surface area contributed by atoms with Crippen LogP contribution in [0.25, 0.3) is 0 Å². The summed E-state index contributed by atoms with van der Waals surface area (Å²) in [6.07, 6.45) is 3.15. The van der Waals surface area contributed by atoms with Gasteiger partial charge in [0.25, 0.3) is 5.91 Å². The molecule has 6 heteroatoms. The topological polar surface area (TPSA) is 69.0 Å². The molecule has 0 bridgehead atoms. The van der Waals surface area contributed by atoms with Crippen molar-refractivity contribution in [2.24, 2.45) is 0 Å². The maximum Gasteiger partial charge on any atom is 0.262 e. The number of nitrogens with zero attached hydrogens (tertiary/aromatic N) is 3. The lowest BCUT2D eigenvalue weighted by molar-refractivity contribution is -0.118. The second kappa shape index (κ2) is 8.29. The summed E-state index contributed by atoms with van der Waals surface area (Å²) in [6.45, 7) is 4.81. The fraction of sp³-hybridized carbons (Fsp3) is 0.250. The van der Waals surface area contributed by atoms with Gasteiger partial charge in [0.15, 0.2) is 6.61 Å². The molecule has 0 fully saturated rings. The number of anilines is 1. The molecule has 0 unspecified atom stereocenters. The molecule has 0 aliphatic rings. The Morgan fingerprint density at radius 1 is 1.19 bits per heavy atom. The van der Waals surface area contributed by atoms with E-state index in [9.17, 15) is 4.79 Å². The number of hydrogen-bond acceptors (Lipinski definition) is 4. The summed E-state index contributed by atoms with van der Waals surface area (Å²) in [5.74, 6) is 0.921. The number of hydrogen-bond donors (Lipinski definition) is 1. The van der Waals surface area contributed by atoms with Crippen molar-refractivity contribution in [2.75, 3.05) is 11.9 Å². The first kappa shape index (κ1) is 17.7. The van der Waals surface area contributed by atoms with Crippen molar-refractivity contribution in [3.05, 3.63) is 72.3 Å². The van der Waals surface area contributed by atoms with Crippen molar-refractivity contribution in [1.29, 1.82) is 0 Å². The van der Waals surface area contributed by atoms with Crippen molar-refractivity contribution in [1.82, 2.24) is 14.8 Å². The third-order valence-electron chi connectivity index (χ3n) is 3.92. The van der Waals surface area contributed by atoms with Crippen LogP contribution in [0.5, 0.6) is 5.75 Å². The van der Waals surface area contributed by atoms with Gasteiger partial charge in [0.05, 0.1) is 6.54 Å². The lowest BCUT2D eigenvalue weighted by Gasteiger charge is -2.11. The Morgan fingerprint density at radius 2 is 2.04 bits per heavy atom. The molecule has 2 aromatic carbocycles. The molecule has 0 spiro atoms. The highest BCUT2D eigenvalue weighted by atomic mass is 16.5. The van der Waals surface area contributed by atoms with Crippen LogP contribution in [0.15, 0.2) is 61.2 Å². The molecule has 6 nitrogen and oxygen atoms in total. The fourth-order valence-electron chi connectivity index (χ4n) is 2.56. The number of nitrogens with one attached hydrogen (secondary N) is 1. The largest absolute Gasteiger partial charge is 0.484 e. The quantitative estimate of drug-likeness (QED) is 0.708. The molecule has 0 aliphatic heterocycles. The Kier molecular flexibility index (Phi) is 5.63. The number of ether oxygens (including phenoxy) is 1. The van der Waals surface area contributed by atoms with Crippen molar-refractivity contribution in [3.63, 3.8) is 0 Å². The van der Waals surface area contributed by atoms with E-state index in [1.807, 2.05) is 42.5 Å². The lowest BCUT2D eigenvalue weighted by Crippen LogP contribution is -2.20. The van der Waals surface area contributed by atoms with Gasteiger partial charge in [-0.1, -0.05) is 38.1 Å². The Labute approximate surface area is 152 Å². The number of carbonyl (C=O) groups excluding carboxylic acids is 1. The van der Waals surface area contributed by atoms with Crippen LogP contribution in [0.2, 0.25) is 0 Å². The highest BCUT2D eigenvalue weighted by Crippen LogP contribution is 2.20. The molecule has 1 heterocycles. The molecule has 0 saturated heterocycles. The minimum Gasteiger partial charge on any atom is -0.484 e. The zero-order valence-corrected chi connectivity index (χ0v) is 14.9. The monoisotopic (exact) mass is 350 g/mol. The molecule has 3 aromatic rings. The van der Waals surface area contributed by atoms with Crippen LogP contribution in [0, 0.1) is 0 Å². The van der Waals surface area contributed by atoms with E-state index in [1.165, 1.54) is 11.9 Å². The van der Waals surface area contributed by atoms with Gasteiger partial charge in [0, 0.05) is 5.69 Å². The molecule has 1 aromatic heterocycles. The van der Waals surface area contributed by atoms with E-state index >= 15 is 0 Å². The summed E-state index contributed by atoms with van der Waals surface area (Å²) in [7, 11) is 0. The predicted octanol–water partition coefficient (Wildman–Crippen LogP) is 3.47. The van der Waals surface area contributed by atoms with Gasteiger partial charge < -0.3 is 10.1 Å². The summed E-state index contributed by atoms with van der Waals surface area (Å²) >= 11 is 0. The lowest BCUT2D eigenvalue weighted by atomic mass is 10.0. The number of rotatable bonds is 7. The molecule has 0 atom stereocenters. The third kappa shape index (κ3) is 4.92. The molecule has 1 N–H and O–H groups in total. The van der Waals surface area contributed by atoms with E-state index in [-0.39, 0.29) is 12.5 Å². The summed E-state index contributed by atoms with van der Waals surface area (Å²) in [5.41, 5.74) is 2.94. The Bertz CT molecular complexity index is 860. The van der Waals surface area contributed by atoms with E-state index in [0.29, 0.717) is 18.2 Å². The first-order chi connectivity index (χ1) is 12.6. The molecule has 1 amide bonds. The van der Waals surface area contributed by atoms with Crippen molar-refractivity contribution in [2.45, 2.75) is 26.3 Å². The predicted molar refractivity (Wildman–Crippen MR) is 100 cm³/mol. The van der Waals surface area contributed by atoms with Gasteiger partial charge in [-0.05, 0) is 41.3 Å². The van der Waals surface area contributed by atoms with Crippen molar-refractivity contribution in [3.8, 4) is 5.75 Å². The zero-order valence-electron chi connectivity index (χ0n) is 14.9. The van der Waals surface area contributed by atoms with Crippen LogP contribution in [0.1, 0.15) is 30.9 Å². The van der Waals surface area contributed by atoms with Gasteiger partial charge in [-0.2, -0.15) is 5.10 Å². The van der Waals surface area contributed by atoms with Gasteiger partial charge in [-0.3, -0.25) is 4.79 Å². The smallest absolute Gasteiger partial charge is 0.262 e. The Morgan fingerprint density at radius 3 is 2.81 bits per heavy atom. The number of carbonyl (C=O) groups is 1. The van der Waals surface area contributed by atoms with Crippen molar-refractivity contribution < 1.29 is 9.53 Å². The van der Waals surface area contributed by atoms with Crippen molar-refractivity contribution >= 4 is 11.6 Å². The molecule has 26 heavy (non-hydrogen) atoms. The molecular weight excluding hydrogens is 328 g/mol. The molecular formula is C20H22N4O2. The van der Waals surface area contributed by atoms with Gasteiger partial charge in [0.2, 0.25) is 0 Å². The summed E-state index contributed by atoms with van der Waals surface area (Å²) in [6, 6.07) is 15.5. The number of aromatic nitrogens is 3. The second-order valence-electron chi connectivity index (χ2n) is 6.36. The summed E-state index contributed by atoms with van der Waals surface area (Å²) in [4.78, 5) is 16.1. The van der Waals surface area contributed by atoms with Crippen LogP contribution in [0.3, 0.4) is 0 Å². The normalized spacial score (nSPS) is 10.7. The van der Waals surface area contributed by atoms with Crippen LogP contribution in [-0.4, -0.2) is 27.3 Å². The van der Waals surface area contributed by atoms with E-state index in [1.54, 1.807) is 11.0 Å². The van der Waals surface area contributed by atoms with Gasteiger partial charge in [-0.25, -0.2) is 9.67 Å². The average molecular weight is 350 g/mol. The van der Waals surface area contributed by atoms with Gasteiger partial charge in [-0.15, -0.1) is 0 Å². The van der Waals surface area contributed by atoms with Gasteiger partial charge >= 0.3 is 0 Å². The fourth-order valence-corrected chi connectivity index (χ4v) is 2.56. The first-order valence-electron chi connectivity index (χ1n) is 8.54. The third-order valence-corrected chi connectivity index (χ3v) is 3.92. The SMILES string of the molecule is CC(C)c1cccc(OCC(=O)Nc2cccc(Cn3cncn3)c2)c1. The average Bonchev–Trinajstić information content (AvgIpc) is 3.13. The van der Waals surface area contributed by atoms with Gasteiger partial charge in [0.1, 0.15) is 18.4 Å². The minimum absolute atomic E-state index is 0.0329.